The van der Waals surface area contributed by atoms with E-state index in [-0.39, 0.29) is 5.56 Å². The van der Waals surface area contributed by atoms with Gasteiger partial charge in [0.2, 0.25) is 0 Å². The Kier molecular flexibility index (Phi) is 5.73. The molecule has 0 unspecified atom stereocenters. The van der Waals surface area contributed by atoms with Crippen molar-refractivity contribution in [2.45, 2.75) is 6.54 Å². The summed E-state index contributed by atoms with van der Waals surface area (Å²) in [4.78, 5) is 22.2. The van der Waals surface area contributed by atoms with Crippen molar-refractivity contribution in [3.63, 3.8) is 0 Å². The van der Waals surface area contributed by atoms with Crippen molar-refractivity contribution in [1.82, 2.24) is 19.2 Å². The largest absolute Gasteiger partial charge is 0.492 e. The molecule has 0 amide bonds. The minimum absolute atomic E-state index is 0.00644. The standard InChI is InChI=1S/C19H21ClN4O2S/c20-15-2-1-3-17(12-15)26-10-8-22-4-6-23(7-5-22)14-16-13-18(25)24-9-11-27-19(24)21-16/h1-3,9,11-13H,4-8,10,14H2. The number of halogens is 1. The molecular weight excluding hydrogens is 384 g/mol. The van der Waals surface area contributed by atoms with Gasteiger partial charge in [-0.3, -0.25) is 19.0 Å². The van der Waals surface area contributed by atoms with Crippen LogP contribution >= 0.6 is 22.9 Å². The van der Waals surface area contributed by atoms with Gasteiger partial charge in [-0.15, -0.1) is 11.3 Å². The highest BCUT2D eigenvalue weighted by molar-refractivity contribution is 7.15. The molecule has 1 aliphatic heterocycles. The molecule has 6 nitrogen and oxygen atoms in total. The zero-order valence-electron chi connectivity index (χ0n) is 14.9. The second-order valence-corrected chi connectivity index (χ2v) is 7.87. The van der Waals surface area contributed by atoms with Crippen molar-refractivity contribution in [3.05, 3.63) is 63.0 Å². The number of hydrogen-bond acceptors (Lipinski definition) is 6. The number of aromatic nitrogens is 2. The van der Waals surface area contributed by atoms with Crippen molar-refractivity contribution in [2.24, 2.45) is 0 Å². The van der Waals surface area contributed by atoms with Gasteiger partial charge in [0.15, 0.2) is 4.96 Å². The van der Waals surface area contributed by atoms with Gasteiger partial charge in [-0.2, -0.15) is 0 Å². The maximum atomic E-state index is 12.1. The lowest BCUT2D eigenvalue weighted by Crippen LogP contribution is -2.47. The summed E-state index contributed by atoms with van der Waals surface area (Å²) in [6.45, 7) is 6.15. The quantitative estimate of drug-likeness (QED) is 0.632. The Morgan fingerprint density at radius 1 is 1.15 bits per heavy atom. The van der Waals surface area contributed by atoms with E-state index in [0.717, 1.165) is 55.7 Å². The predicted molar refractivity (Wildman–Crippen MR) is 108 cm³/mol. The molecule has 142 valence electrons. The summed E-state index contributed by atoms with van der Waals surface area (Å²) in [5, 5.41) is 2.58. The van der Waals surface area contributed by atoms with E-state index < -0.39 is 0 Å². The highest BCUT2D eigenvalue weighted by Gasteiger charge is 2.18. The Labute approximate surface area is 166 Å². The van der Waals surface area contributed by atoms with Crippen molar-refractivity contribution >= 4 is 27.9 Å². The van der Waals surface area contributed by atoms with Gasteiger partial charge in [0.25, 0.3) is 5.56 Å². The van der Waals surface area contributed by atoms with Gasteiger partial charge in [-0.05, 0) is 18.2 Å². The Morgan fingerprint density at radius 2 is 1.96 bits per heavy atom. The summed E-state index contributed by atoms with van der Waals surface area (Å²) < 4.78 is 7.36. The number of piperazine rings is 1. The number of hydrogen-bond donors (Lipinski definition) is 0. The number of rotatable bonds is 6. The Hall–Kier alpha value is -1.93. The molecule has 1 saturated heterocycles. The zero-order valence-corrected chi connectivity index (χ0v) is 16.5. The second-order valence-electron chi connectivity index (χ2n) is 6.56. The van der Waals surface area contributed by atoms with Gasteiger partial charge in [0, 0.05) is 61.9 Å². The molecule has 0 spiro atoms. The van der Waals surface area contributed by atoms with Gasteiger partial charge in [0.05, 0.1) is 5.69 Å². The highest BCUT2D eigenvalue weighted by Crippen LogP contribution is 2.17. The van der Waals surface area contributed by atoms with Crippen molar-refractivity contribution < 1.29 is 4.74 Å². The van der Waals surface area contributed by atoms with E-state index in [2.05, 4.69) is 14.8 Å². The van der Waals surface area contributed by atoms with E-state index in [1.165, 1.54) is 11.3 Å². The van der Waals surface area contributed by atoms with Crippen LogP contribution < -0.4 is 10.3 Å². The number of ether oxygens (including phenoxy) is 1. The lowest BCUT2D eigenvalue weighted by Gasteiger charge is -2.34. The zero-order chi connectivity index (χ0) is 18.6. The summed E-state index contributed by atoms with van der Waals surface area (Å²) in [7, 11) is 0. The lowest BCUT2D eigenvalue weighted by atomic mass is 10.3. The molecule has 1 aromatic carbocycles. The molecule has 27 heavy (non-hydrogen) atoms. The molecule has 3 heterocycles. The first kappa shape index (κ1) is 18.4. The molecule has 0 saturated carbocycles. The monoisotopic (exact) mass is 404 g/mol. The fourth-order valence-electron chi connectivity index (χ4n) is 3.22. The topological polar surface area (TPSA) is 50.1 Å². The van der Waals surface area contributed by atoms with E-state index in [1.807, 2.05) is 29.6 Å². The molecule has 1 aliphatic rings. The first-order valence-electron chi connectivity index (χ1n) is 8.96. The van der Waals surface area contributed by atoms with Crippen LogP contribution in [0, 0.1) is 0 Å². The molecule has 2 aromatic heterocycles. The lowest BCUT2D eigenvalue weighted by molar-refractivity contribution is 0.111. The Bertz CT molecular complexity index is 965. The molecule has 0 aliphatic carbocycles. The van der Waals surface area contributed by atoms with Gasteiger partial charge in [-0.25, -0.2) is 4.98 Å². The van der Waals surface area contributed by atoms with E-state index in [1.54, 1.807) is 16.7 Å². The molecule has 1 fully saturated rings. The molecule has 3 aromatic rings. The minimum atomic E-state index is -0.00644. The van der Waals surface area contributed by atoms with Crippen LogP contribution in [0.15, 0.2) is 46.7 Å². The molecule has 8 heteroatoms. The average molecular weight is 405 g/mol. The maximum absolute atomic E-state index is 12.1. The Balaban J connectivity index is 1.24. The summed E-state index contributed by atoms with van der Waals surface area (Å²) in [6.07, 6.45) is 1.77. The molecule has 0 radical (unpaired) electrons. The molecule has 0 atom stereocenters. The number of thiazole rings is 1. The van der Waals surface area contributed by atoms with Crippen LogP contribution in [0.25, 0.3) is 4.96 Å². The van der Waals surface area contributed by atoms with Crippen molar-refractivity contribution in [1.29, 1.82) is 0 Å². The van der Waals surface area contributed by atoms with Crippen LogP contribution in [-0.2, 0) is 6.54 Å². The van der Waals surface area contributed by atoms with Gasteiger partial charge < -0.3 is 4.74 Å². The van der Waals surface area contributed by atoms with Crippen LogP contribution in [-0.4, -0.2) is 58.5 Å². The first-order chi connectivity index (χ1) is 13.2. The number of fused-ring (bicyclic) bond motifs is 1. The maximum Gasteiger partial charge on any atom is 0.258 e. The third-order valence-corrected chi connectivity index (χ3v) is 5.67. The number of nitrogens with zero attached hydrogens (tertiary/aromatic N) is 4. The fourth-order valence-corrected chi connectivity index (χ4v) is 4.14. The third kappa shape index (κ3) is 4.68. The van der Waals surface area contributed by atoms with Crippen LogP contribution in [0.2, 0.25) is 5.02 Å². The van der Waals surface area contributed by atoms with Gasteiger partial charge in [0.1, 0.15) is 12.4 Å². The normalized spacial score (nSPS) is 16.0. The van der Waals surface area contributed by atoms with E-state index in [0.29, 0.717) is 11.6 Å². The smallest absolute Gasteiger partial charge is 0.258 e. The van der Waals surface area contributed by atoms with E-state index in [4.69, 9.17) is 16.3 Å². The van der Waals surface area contributed by atoms with E-state index >= 15 is 0 Å². The van der Waals surface area contributed by atoms with Crippen LogP contribution in [0.3, 0.4) is 0 Å². The van der Waals surface area contributed by atoms with E-state index in [9.17, 15) is 4.79 Å². The average Bonchev–Trinajstić information content (AvgIpc) is 3.12. The molecule has 4 rings (SSSR count). The highest BCUT2D eigenvalue weighted by atomic mass is 35.5. The van der Waals surface area contributed by atoms with Crippen LogP contribution in [0.5, 0.6) is 5.75 Å². The van der Waals surface area contributed by atoms with Crippen LogP contribution in [0.4, 0.5) is 0 Å². The summed E-state index contributed by atoms with van der Waals surface area (Å²) in [5.41, 5.74) is 0.841. The van der Waals surface area contributed by atoms with Crippen LogP contribution in [0.1, 0.15) is 5.69 Å². The SMILES string of the molecule is O=c1cc(CN2CCN(CCOc3cccc(Cl)c3)CC2)nc2sccn12. The Morgan fingerprint density at radius 3 is 2.78 bits per heavy atom. The van der Waals surface area contributed by atoms with Gasteiger partial charge in [-0.1, -0.05) is 17.7 Å². The minimum Gasteiger partial charge on any atom is -0.492 e. The summed E-state index contributed by atoms with van der Waals surface area (Å²) in [5.74, 6) is 0.808. The third-order valence-electron chi connectivity index (χ3n) is 4.68. The summed E-state index contributed by atoms with van der Waals surface area (Å²) in [6, 6.07) is 9.13. The van der Waals surface area contributed by atoms with Gasteiger partial charge >= 0.3 is 0 Å². The molecule has 0 N–H and O–H groups in total. The predicted octanol–water partition coefficient (Wildman–Crippen LogP) is 2.61. The first-order valence-corrected chi connectivity index (χ1v) is 10.2. The second kappa shape index (κ2) is 8.39. The van der Waals surface area contributed by atoms with Crippen molar-refractivity contribution in [3.8, 4) is 5.75 Å². The fraction of sp³-hybridized carbons (Fsp3) is 0.368. The van der Waals surface area contributed by atoms with Crippen molar-refractivity contribution in [2.75, 3.05) is 39.3 Å². The molecule has 0 bridgehead atoms. The molecular formula is C19H21ClN4O2S. The number of benzene rings is 1. The summed E-state index contributed by atoms with van der Waals surface area (Å²) >= 11 is 7.46.